The fourth-order valence-electron chi connectivity index (χ4n) is 0.829. The first-order chi connectivity index (χ1) is 7.67. The average Bonchev–Trinajstić information content (AvgIpc) is 1.95. The van der Waals surface area contributed by atoms with Crippen molar-refractivity contribution in [3.63, 3.8) is 0 Å². The van der Waals surface area contributed by atoms with Crippen molar-refractivity contribution in [2.75, 3.05) is 0 Å². The minimum Gasteiger partial charge on any atom is -0.412 e. The summed E-state index contributed by atoms with van der Waals surface area (Å²) in [6.07, 6.45) is 0. The van der Waals surface area contributed by atoms with Gasteiger partial charge in [-0.1, -0.05) is 0 Å². The van der Waals surface area contributed by atoms with Crippen LogP contribution < -0.4 is 0 Å². The third-order valence-corrected chi connectivity index (χ3v) is 7.21. The van der Waals surface area contributed by atoms with Crippen molar-refractivity contribution < 1.29 is 42.4 Å². The van der Waals surface area contributed by atoms with Gasteiger partial charge in [0, 0.05) is 0 Å². The van der Waals surface area contributed by atoms with E-state index in [2.05, 4.69) is 12.3 Å². The van der Waals surface area contributed by atoms with Crippen molar-refractivity contribution in [1.82, 2.24) is 0 Å². The van der Waals surface area contributed by atoms with Crippen molar-refractivity contribution in [2.24, 2.45) is 0 Å². The van der Waals surface area contributed by atoms with Gasteiger partial charge < -0.3 is 11.0 Å². The standard InChI is InChI=1S/4C2H4O2.2H2O.Sn/c4*1-2(3)4;;;/h4*1H3,(H,3,4);2*1H2;/q;;;;;;+4/p-4. The van der Waals surface area contributed by atoms with Crippen molar-refractivity contribution in [3.8, 4) is 0 Å². The minimum absolute atomic E-state index is 0. The summed E-state index contributed by atoms with van der Waals surface area (Å²) in [7, 11) is 0. The summed E-state index contributed by atoms with van der Waals surface area (Å²) in [6.45, 7) is 4.01. The van der Waals surface area contributed by atoms with E-state index in [1.807, 2.05) is 0 Å². The van der Waals surface area contributed by atoms with Crippen LogP contribution in [-0.2, 0) is 31.5 Å². The van der Waals surface area contributed by atoms with Crippen LogP contribution in [0.1, 0.15) is 27.7 Å². The molecule has 0 heterocycles. The van der Waals surface area contributed by atoms with Crippen LogP contribution in [0.2, 0.25) is 0 Å². The Bertz CT molecular complexity index is 282. The number of carbonyl (C=O) groups is 4. The summed E-state index contributed by atoms with van der Waals surface area (Å²) in [4.78, 5) is 43.4. The number of hydrogen-bond donors (Lipinski definition) is 0. The van der Waals surface area contributed by atoms with Gasteiger partial charge in [0.15, 0.2) is 0 Å². The first-order valence-electron chi connectivity index (χ1n) is 4.45. The first kappa shape index (κ1) is 22.8. The molecule has 0 saturated heterocycles. The maximum absolute atomic E-state index is 10.9. The molecule has 0 aromatic carbocycles. The third-order valence-electron chi connectivity index (χ3n) is 1.07. The van der Waals surface area contributed by atoms with E-state index >= 15 is 0 Å². The second-order valence-corrected chi connectivity index (χ2v) is 8.06. The second-order valence-electron chi connectivity index (χ2n) is 2.87. The molecule has 10 nitrogen and oxygen atoms in total. The minimum atomic E-state index is -5.28. The zero-order chi connectivity index (χ0) is 13.6. The molecule has 19 heavy (non-hydrogen) atoms. The van der Waals surface area contributed by atoms with E-state index in [9.17, 15) is 19.2 Å². The monoisotopic (exact) mass is 392 g/mol. The van der Waals surface area contributed by atoms with Crippen molar-refractivity contribution in [2.45, 2.75) is 27.7 Å². The molecule has 0 aromatic rings. The Labute approximate surface area is 114 Å². The van der Waals surface area contributed by atoms with Crippen LogP contribution in [-0.4, -0.2) is 54.9 Å². The molecule has 0 aliphatic heterocycles. The predicted molar refractivity (Wildman–Crippen MR) is 60.0 cm³/mol. The van der Waals surface area contributed by atoms with Crippen molar-refractivity contribution in [1.29, 1.82) is 0 Å². The molecule has 4 N–H and O–H groups in total. The Hall–Kier alpha value is -1.40. The Morgan fingerprint density at radius 2 is 0.737 bits per heavy atom. The van der Waals surface area contributed by atoms with E-state index in [1.165, 1.54) is 0 Å². The van der Waals surface area contributed by atoms with Gasteiger partial charge in [-0.3, -0.25) is 0 Å². The van der Waals surface area contributed by atoms with Gasteiger partial charge in [0.1, 0.15) is 0 Å². The molecule has 0 spiro atoms. The quantitative estimate of drug-likeness (QED) is 0.497. The van der Waals surface area contributed by atoms with Crippen LogP contribution in [0.25, 0.3) is 0 Å². The molecule has 0 amide bonds. The fraction of sp³-hybridized carbons (Fsp3) is 0.500. The number of hydrogen-bond acceptors (Lipinski definition) is 8. The van der Waals surface area contributed by atoms with Crippen LogP contribution in [0, 0.1) is 0 Å². The Kier molecular flexibility index (Phi) is 11.4. The van der Waals surface area contributed by atoms with Gasteiger partial charge in [0.2, 0.25) is 0 Å². The van der Waals surface area contributed by atoms with Gasteiger partial charge in [0.05, 0.1) is 0 Å². The molecular formula is C8H16O10Sn. The normalized spacial score (nSPS) is 9.05. The van der Waals surface area contributed by atoms with E-state index in [1.54, 1.807) is 0 Å². The predicted octanol–water partition coefficient (Wildman–Crippen LogP) is -1.97. The second kappa shape index (κ2) is 9.52. The maximum atomic E-state index is 10.9. The van der Waals surface area contributed by atoms with Crippen LogP contribution in [0.15, 0.2) is 0 Å². The summed E-state index contributed by atoms with van der Waals surface area (Å²) in [5, 5.41) is 0. The van der Waals surface area contributed by atoms with Gasteiger partial charge in [0.25, 0.3) is 0 Å². The maximum Gasteiger partial charge on any atom is -0.412 e. The molecule has 0 unspecified atom stereocenters. The molecule has 11 heteroatoms. The van der Waals surface area contributed by atoms with E-state index in [-0.39, 0.29) is 11.0 Å². The zero-order valence-electron chi connectivity index (χ0n) is 10.8. The summed E-state index contributed by atoms with van der Waals surface area (Å²) in [5.74, 6) is -3.54. The summed E-state index contributed by atoms with van der Waals surface area (Å²) >= 11 is -5.28. The van der Waals surface area contributed by atoms with E-state index < -0.39 is 43.9 Å². The smallest absolute Gasteiger partial charge is 0.412 e. The molecule has 0 aliphatic carbocycles. The number of carbonyl (C=O) groups excluding carboxylic acids is 4. The van der Waals surface area contributed by atoms with Crippen molar-refractivity contribution >= 4 is 43.9 Å². The van der Waals surface area contributed by atoms with Gasteiger partial charge >= 0.3 is 103 Å². The molecular weight excluding hydrogens is 375 g/mol. The molecule has 0 fully saturated rings. The van der Waals surface area contributed by atoms with Gasteiger partial charge in [-0.05, 0) is 0 Å². The van der Waals surface area contributed by atoms with Gasteiger partial charge in [-0.15, -0.1) is 0 Å². The molecule has 0 bridgehead atoms. The Morgan fingerprint density at radius 3 is 0.842 bits per heavy atom. The molecule has 112 valence electrons. The van der Waals surface area contributed by atoms with Crippen LogP contribution in [0.4, 0.5) is 0 Å². The summed E-state index contributed by atoms with van der Waals surface area (Å²) < 4.78 is 18.4. The van der Waals surface area contributed by atoms with Crippen LogP contribution in [0.5, 0.6) is 0 Å². The van der Waals surface area contributed by atoms with Crippen molar-refractivity contribution in [3.05, 3.63) is 0 Å². The molecule has 0 aliphatic rings. The van der Waals surface area contributed by atoms with Crippen LogP contribution in [0.3, 0.4) is 0 Å². The summed E-state index contributed by atoms with van der Waals surface area (Å²) in [5.41, 5.74) is 0. The Balaban J connectivity index is -0.00000128. The fourth-order valence-corrected chi connectivity index (χ4v) is 5.56. The largest absolute Gasteiger partial charge is 0.412 e. The van der Waals surface area contributed by atoms with Crippen LogP contribution >= 0.6 is 0 Å². The molecule has 0 atom stereocenters. The number of rotatable bonds is 4. The average molecular weight is 391 g/mol. The van der Waals surface area contributed by atoms with Gasteiger partial charge in [-0.25, -0.2) is 0 Å². The SMILES string of the molecule is CC(=O)[O][Sn]([O]C(C)=O)([O]C(C)=O)[O]C(C)=O.O.O. The zero-order valence-corrected chi connectivity index (χ0v) is 13.6. The molecule has 0 rings (SSSR count). The summed E-state index contributed by atoms with van der Waals surface area (Å²) in [6, 6.07) is 0. The van der Waals surface area contributed by atoms with Gasteiger partial charge in [-0.2, -0.15) is 0 Å². The topological polar surface area (TPSA) is 168 Å². The first-order valence-corrected chi connectivity index (χ1v) is 9.11. The third kappa shape index (κ3) is 10.2. The molecule has 0 aromatic heterocycles. The van der Waals surface area contributed by atoms with E-state index in [4.69, 9.17) is 0 Å². The molecule has 0 saturated carbocycles. The van der Waals surface area contributed by atoms with E-state index in [0.717, 1.165) is 27.7 Å². The van der Waals surface area contributed by atoms with E-state index in [0.29, 0.717) is 0 Å². The molecule has 0 radical (unpaired) electrons. The Morgan fingerprint density at radius 1 is 0.579 bits per heavy atom.